The molecule has 1 fully saturated rings. The van der Waals surface area contributed by atoms with Crippen LogP contribution in [0, 0.1) is 0 Å². The van der Waals surface area contributed by atoms with Crippen LogP contribution in [0.1, 0.15) is 24.3 Å². The number of nitrogens with zero attached hydrogens (tertiary/aromatic N) is 4. The van der Waals surface area contributed by atoms with Crippen molar-refractivity contribution in [3.05, 3.63) is 11.8 Å². The van der Waals surface area contributed by atoms with Gasteiger partial charge in [0.15, 0.2) is 5.69 Å². The van der Waals surface area contributed by atoms with Gasteiger partial charge in [-0.05, 0) is 13.5 Å². The number of amides is 1. The Balaban J connectivity index is 2.11. The largest absolute Gasteiger partial charge is 0.481 e. The minimum absolute atomic E-state index is 0.0119. The molecular weight excluding hydrogens is 244 g/mol. The maximum atomic E-state index is 12.5. The van der Waals surface area contributed by atoms with Crippen molar-refractivity contribution in [2.75, 3.05) is 33.3 Å². The number of aromatic nitrogens is 2. The number of methoxy groups -OCH3 is 1. The third-order valence-corrected chi connectivity index (χ3v) is 3.68. The van der Waals surface area contributed by atoms with Gasteiger partial charge in [-0.3, -0.25) is 9.69 Å². The summed E-state index contributed by atoms with van der Waals surface area (Å²) in [6.45, 7) is 7.87. The summed E-state index contributed by atoms with van der Waals surface area (Å²) in [6, 6.07) is 1.91. The fourth-order valence-corrected chi connectivity index (χ4v) is 2.51. The molecule has 0 saturated carbocycles. The third kappa shape index (κ3) is 2.73. The second-order valence-electron chi connectivity index (χ2n) is 4.94. The normalized spacial score (nSPS) is 20.6. The molecule has 106 valence electrons. The van der Waals surface area contributed by atoms with Crippen molar-refractivity contribution in [3.8, 4) is 5.88 Å². The molecule has 2 rings (SSSR count). The smallest absolute Gasteiger partial charge is 0.274 e. The van der Waals surface area contributed by atoms with Gasteiger partial charge in [-0.15, -0.1) is 0 Å². The molecule has 1 aliphatic rings. The van der Waals surface area contributed by atoms with Gasteiger partial charge in [0.1, 0.15) is 0 Å². The van der Waals surface area contributed by atoms with E-state index in [2.05, 4.69) is 23.8 Å². The lowest BCUT2D eigenvalue weighted by molar-refractivity contribution is 0.0493. The van der Waals surface area contributed by atoms with E-state index < -0.39 is 0 Å². The number of rotatable bonds is 3. The summed E-state index contributed by atoms with van der Waals surface area (Å²) in [5, 5.41) is 4.22. The van der Waals surface area contributed by atoms with Crippen molar-refractivity contribution in [2.24, 2.45) is 7.05 Å². The first-order chi connectivity index (χ1) is 9.06. The maximum Gasteiger partial charge on any atom is 0.274 e. The molecule has 1 unspecified atom stereocenters. The SMILES string of the molecule is CCN1CCN(C(=O)c2cc(OC)n(C)n2)C(C)C1. The second kappa shape index (κ2) is 5.61. The van der Waals surface area contributed by atoms with Gasteiger partial charge in [0.05, 0.1) is 7.11 Å². The zero-order valence-corrected chi connectivity index (χ0v) is 12.1. The van der Waals surface area contributed by atoms with Crippen LogP contribution in [0.15, 0.2) is 6.07 Å². The molecule has 1 saturated heterocycles. The first-order valence-electron chi connectivity index (χ1n) is 6.68. The first-order valence-corrected chi connectivity index (χ1v) is 6.68. The third-order valence-electron chi connectivity index (χ3n) is 3.68. The van der Waals surface area contributed by atoms with Crippen LogP contribution in [-0.4, -0.2) is 64.8 Å². The molecule has 0 radical (unpaired) electrons. The average Bonchev–Trinajstić information content (AvgIpc) is 2.79. The van der Waals surface area contributed by atoms with E-state index in [0.717, 1.165) is 26.2 Å². The molecule has 2 heterocycles. The number of likely N-dealkylation sites (N-methyl/N-ethyl adjacent to an activating group) is 1. The summed E-state index contributed by atoms with van der Waals surface area (Å²) in [4.78, 5) is 16.7. The average molecular weight is 266 g/mol. The van der Waals surface area contributed by atoms with Gasteiger partial charge < -0.3 is 9.64 Å². The Morgan fingerprint density at radius 2 is 2.26 bits per heavy atom. The van der Waals surface area contributed by atoms with Crippen LogP contribution in [0.25, 0.3) is 0 Å². The lowest BCUT2D eigenvalue weighted by Crippen LogP contribution is -2.53. The number of hydrogen-bond donors (Lipinski definition) is 0. The number of piperazine rings is 1. The van der Waals surface area contributed by atoms with Crippen LogP contribution in [0.2, 0.25) is 0 Å². The Hall–Kier alpha value is -1.56. The lowest BCUT2D eigenvalue weighted by Gasteiger charge is -2.39. The zero-order chi connectivity index (χ0) is 14.0. The van der Waals surface area contributed by atoms with Gasteiger partial charge in [-0.25, -0.2) is 4.68 Å². The van der Waals surface area contributed by atoms with E-state index in [0.29, 0.717) is 11.6 Å². The van der Waals surface area contributed by atoms with Crippen molar-refractivity contribution in [2.45, 2.75) is 19.9 Å². The van der Waals surface area contributed by atoms with Crippen LogP contribution < -0.4 is 4.74 Å². The number of aryl methyl sites for hydroxylation is 1. The molecule has 6 heteroatoms. The highest BCUT2D eigenvalue weighted by Gasteiger charge is 2.29. The molecular formula is C13H22N4O2. The minimum Gasteiger partial charge on any atom is -0.481 e. The molecule has 19 heavy (non-hydrogen) atoms. The van der Waals surface area contributed by atoms with Gasteiger partial charge in [-0.1, -0.05) is 6.92 Å². The van der Waals surface area contributed by atoms with E-state index in [4.69, 9.17) is 4.74 Å². The van der Waals surface area contributed by atoms with E-state index in [1.807, 2.05) is 4.90 Å². The van der Waals surface area contributed by atoms with E-state index in [9.17, 15) is 4.79 Å². The lowest BCUT2D eigenvalue weighted by atomic mass is 10.1. The van der Waals surface area contributed by atoms with Gasteiger partial charge in [0.25, 0.3) is 5.91 Å². The fraction of sp³-hybridized carbons (Fsp3) is 0.692. The van der Waals surface area contributed by atoms with Crippen molar-refractivity contribution in [1.29, 1.82) is 0 Å². The Kier molecular flexibility index (Phi) is 4.09. The summed E-state index contributed by atoms with van der Waals surface area (Å²) in [5.74, 6) is 0.588. The molecule has 0 spiro atoms. The topological polar surface area (TPSA) is 50.6 Å². The number of ether oxygens (including phenoxy) is 1. The molecule has 0 N–H and O–H groups in total. The molecule has 1 aliphatic heterocycles. The number of carbonyl (C=O) groups excluding carboxylic acids is 1. The molecule has 0 bridgehead atoms. The highest BCUT2D eigenvalue weighted by atomic mass is 16.5. The summed E-state index contributed by atoms with van der Waals surface area (Å²) in [5.41, 5.74) is 0.455. The van der Waals surface area contributed by atoms with Crippen LogP contribution >= 0.6 is 0 Å². The monoisotopic (exact) mass is 266 g/mol. The minimum atomic E-state index is -0.0119. The molecule has 1 aromatic heterocycles. The second-order valence-corrected chi connectivity index (χ2v) is 4.94. The molecule has 1 atom stereocenters. The fourth-order valence-electron chi connectivity index (χ4n) is 2.51. The number of hydrogen-bond acceptors (Lipinski definition) is 4. The highest BCUT2D eigenvalue weighted by Crippen LogP contribution is 2.16. The quantitative estimate of drug-likeness (QED) is 0.803. The van der Waals surface area contributed by atoms with Gasteiger partial charge in [0, 0.05) is 38.8 Å². The van der Waals surface area contributed by atoms with E-state index in [1.165, 1.54) is 0 Å². The van der Waals surface area contributed by atoms with Crippen LogP contribution in [0.5, 0.6) is 5.88 Å². The van der Waals surface area contributed by atoms with Crippen molar-refractivity contribution >= 4 is 5.91 Å². The van der Waals surface area contributed by atoms with E-state index in [-0.39, 0.29) is 11.9 Å². The summed E-state index contributed by atoms with van der Waals surface area (Å²) in [6.07, 6.45) is 0. The predicted octanol–water partition coefficient (Wildman–Crippen LogP) is 0.595. The van der Waals surface area contributed by atoms with Gasteiger partial charge in [0.2, 0.25) is 5.88 Å². The highest BCUT2D eigenvalue weighted by molar-refractivity contribution is 5.93. The maximum absolute atomic E-state index is 12.5. The Morgan fingerprint density at radius 1 is 1.53 bits per heavy atom. The van der Waals surface area contributed by atoms with Crippen LogP contribution in [0.3, 0.4) is 0 Å². The first kappa shape index (κ1) is 13.9. The van der Waals surface area contributed by atoms with Crippen molar-refractivity contribution in [3.63, 3.8) is 0 Å². The standard InChI is InChI=1S/C13H22N4O2/c1-5-16-6-7-17(10(2)9-16)13(18)11-8-12(19-4)15(3)14-11/h8,10H,5-7,9H2,1-4H3. The van der Waals surface area contributed by atoms with E-state index in [1.54, 1.807) is 24.9 Å². The molecule has 0 aliphatic carbocycles. The molecule has 1 aromatic rings. The number of carbonyl (C=O) groups is 1. The van der Waals surface area contributed by atoms with Crippen molar-refractivity contribution < 1.29 is 9.53 Å². The molecule has 6 nitrogen and oxygen atoms in total. The van der Waals surface area contributed by atoms with Crippen molar-refractivity contribution in [1.82, 2.24) is 19.6 Å². The predicted molar refractivity (Wildman–Crippen MR) is 72.4 cm³/mol. The molecule has 1 amide bonds. The Bertz CT molecular complexity index is 457. The molecule has 0 aromatic carbocycles. The summed E-state index contributed by atoms with van der Waals surface area (Å²) in [7, 11) is 3.35. The van der Waals surface area contributed by atoms with Gasteiger partial charge in [-0.2, -0.15) is 5.10 Å². The Morgan fingerprint density at radius 3 is 2.79 bits per heavy atom. The van der Waals surface area contributed by atoms with Crippen LogP contribution in [0.4, 0.5) is 0 Å². The zero-order valence-electron chi connectivity index (χ0n) is 12.1. The van der Waals surface area contributed by atoms with Crippen LogP contribution in [-0.2, 0) is 7.05 Å². The summed E-state index contributed by atoms with van der Waals surface area (Å²) < 4.78 is 6.73. The summed E-state index contributed by atoms with van der Waals surface area (Å²) >= 11 is 0. The van der Waals surface area contributed by atoms with E-state index >= 15 is 0 Å². The Labute approximate surface area is 113 Å². The van der Waals surface area contributed by atoms with Gasteiger partial charge >= 0.3 is 0 Å².